The summed E-state index contributed by atoms with van der Waals surface area (Å²) >= 11 is 0. The van der Waals surface area contributed by atoms with Gasteiger partial charge in [-0.3, -0.25) is 0 Å². The molecule has 0 heterocycles. The zero-order valence-electron chi connectivity index (χ0n) is 13.2. The first-order chi connectivity index (χ1) is 9.70. The van der Waals surface area contributed by atoms with Gasteiger partial charge in [0.1, 0.15) is 0 Å². The first kappa shape index (κ1) is 15.5. The molecule has 2 rings (SSSR count). The Hall–Kier alpha value is -0.860. The van der Waals surface area contributed by atoms with Crippen LogP contribution in [0.5, 0.6) is 0 Å². The molecule has 1 atom stereocenters. The second-order valence-electron chi connectivity index (χ2n) is 6.19. The molecular formula is C18H29NO. The molecule has 1 aliphatic rings. The summed E-state index contributed by atoms with van der Waals surface area (Å²) in [6.45, 7) is 8.20. The second kappa shape index (κ2) is 7.80. The molecule has 20 heavy (non-hydrogen) atoms. The highest BCUT2D eigenvalue weighted by Gasteiger charge is 2.20. The van der Waals surface area contributed by atoms with Crippen molar-refractivity contribution in [3.05, 3.63) is 35.4 Å². The van der Waals surface area contributed by atoms with Crippen LogP contribution in [-0.2, 0) is 4.74 Å². The topological polar surface area (TPSA) is 21.3 Å². The van der Waals surface area contributed by atoms with E-state index in [1.165, 1.54) is 30.4 Å². The van der Waals surface area contributed by atoms with Crippen molar-refractivity contribution >= 4 is 0 Å². The van der Waals surface area contributed by atoms with E-state index in [1.807, 2.05) is 0 Å². The molecule has 2 heteroatoms. The highest BCUT2D eigenvalue weighted by Crippen LogP contribution is 2.37. The largest absolute Gasteiger partial charge is 0.377 e. The Balaban J connectivity index is 2.05. The van der Waals surface area contributed by atoms with E-state index in [-0.39, 0.29) is 6.10 Å². The van der Waals surface area contributed by atoms with Crippen LogP contribution >= 0.6 is 0 Å². The molecule has 112 valence electrons. The SMILES string of the molecule is CCCNC(COC(C)C)c1cccc(C2CCC2)c1. The third-order valence-corrected chi connectivity index (χ3v) is 4.13. The highest BCUT2D eigenvalue weighted by atomic mass is 16.5. The molecule has 0 spiro atoms. The Bertz CT molecular complexity index is 398. The Morgan fingerprint density at radius 2 is 2.10 bits per heavy atom. The van der Waals surface area contributed by atoms with Crippen LogP contribution in [-0.4, -0.2) is 19.3 Å². The van der Waals surface area contributed by atoms with E-state index in [9.17, 15) is 0 Å². The van der Waals surface area contributed by atoms with Crippen molar-refractivity contribution in [3.8, 4) is 0 Å². The van der Waals surface area contributed by atoms with Crippen molar-refractivity contribution < 1.29 is 4.74 Å². The molecule has 1 saturated carbocycles. The van der Waals surface area contributed by atoms with Gasteiger partial charge in [0, 0.05) is 0 Å². The molecule has 0 saturated heterocycles. The minimum Gasteiger partial charge on any atom is -0.377 e. The summed E-state index contributed by atoms with van der Waals surface area (Å²) in [4.78, 5) is 0. The van der Waals surface area contributed by atoms with Crippen molar-refractivity contribution in [1.82, 2.24) is 5.32 Å². The second-order valence-corrected chi connectivity index (χ2v) is 6.19. The predicted octanol–water partition coefficient (Wildman–Crippen LogP) is 4.42. The number of hydrogen-bond acceptors (Lipinski definition) is 2. The Morgan fingerprint density at radius 1 is 1.30 bits per heavy atom. The lowest BCUT2D eigenvalue weighted by atomic mass is 9.79. The van der Waals surface area contributed by atoms with Gasteiger partial charge < -0.3 is 10.1 Å². The van der Waals surface area contributed by atoms with Crippen LogP contribution in [0.1, 0.15) is 69.5 Å². The lowest BCUT2D eigenvalue weighted by Gasteiger charge is -2.27. The average molecular weight is 275 g/mol. The van der Waals surface area contributed by atoms with Gasteiger partial charge in [-0.1, -0.05) is 37.6 Å². The third-order valence-electron chi connectivity index (χ3n) is 4.13. The molecule has 1 fully saturated rings. The molecule has 1 N–H and O–H groups in total. The Labute approximate surface area is 123 Å². The summed E-state index contributed by atoms with van der Waals surface area (Å²) in [5.74, 6) is 0.799. The summed E-state index contributed by atoms with van der Waals surface area (Å²) in [6.07, 6.45) is 5.55. The summed E-state index contributed by atoms with van der Waals surface area (Å²) < 4.78 is 5.83. The van der Waals surface area contributed by atoms with E-state index < -0.39 is 0 Å². The molecule has 1 aromatic rings. The zero-order chi connectivity index (χ0) is 14.4. The van der Waals surface area contributed by atoms with Crippen molar-refractivity contribution in [1.29, 1.82) is 0 Å². The third kappa shape index (κ3) is 4.32. The Morgan fingerprint density at radius 3 is 2.70 bits per heavy atom. The molecule has 0 aromatic heterocycles. The number of hydrogen-bond donors (Lipinski definition) is 1. The van der Waals surface area contributed by atoms with E-state index >= 15 is 0 Å². The first-order valence-corrected chi connectivity index (χ1v) is 8.15. The summed E-state index contributed by atoms with van der Waals surface area (Å²) in [7, 11) is 0. The van der Waals surface area contributed by atoms with Gasteiger partial charge in [0.2, 0.25) is 0 Å². The zero-order valence-corrected chi connectivity index (χ0v) is 13.2. The average Bonchev–Trinajstić information content (AvgIpc) is 2.37. The predicted molar refractivity (Wildman–Crippen MR) is 85.2 cm³/mol. The van der Waals surface area contributed by atoms with Gasteiger partial charge in [-0.2, -0.15) is 0 Å². The smallest absolute Gasteiger partial charge is 0.0664 e. The quantitative estimate of drug-likeness (QED) is 0.758. The van der Waals surface area contributed by atoms with E-state index in [4.69, 9.17) is 4.74 Å². The van der Waals surface area contributed by atoms with Gasteiger partial charge in [0.05, 0.1) is 18.8 Å². The molecule has 0 radical (unpaired) electrons. The van der Waals surface area contributed by atoms with Gasteiger partial charge in [-0.25, -0.2) is 0 Å². The molecule has 0 bridgehead atoms. The maximum Gasteiger partial charge on any atom is 0.0664 e. The van der Waals surface area contributed by atoms with Crippen LogP contribution in [0.15, 0.2) is 24.3 Å². The first-order valence-electron chi connectivity index (χ1n) is 8.15. The number of nitrogens with one attached hydrogen (secondary N) is 1. The molecule has 2 nitrogen and oxygen atoms in total. The molecular weight excluding hydrogens is 246 g/mol. The standard InChI is InChI=1S/C18H29NO/c1-4-11-19-18(13-20-14(2)3)17-10-6-9-16(12-17)15-7-5-8-15/h6,9-10,12,14-15,18-19H,4-5,7-8,11,13H2,1-3H3. The van der Waals surface area contributed by atoms with Crippen LogP contribution in [0.25, 0.3) is 0 Å². The highest BCUT2D eigenvalue weighted by molar-refractivity contribution is 5.29. The van der Waals surface area contributed by atoms with E-state index in [2.05, 4.69) is 50.4 Å². The van der Waals surface area contributed by atoms with Crippen molar-refractivity contribution in [2.24, 2.45) is 0 Å². The van der Waals surface area contributed by atoms with Crippen molar-refractivity contribution in [2.45, 2.75) is 64.5 Å². The molecule has 1 aliphatic carbocycles. The number of benzene rings is 1. The van der Waals surface area contributed by atoms with Crippen LogP contribution in [0.3, 0.4) is 0 Å². The van der Waals surface area contributed by atoms with E-state index in [0.29, 0.717) is 6.04 Å². The fraction of sp³-hybridized carbons (Fsp3) is 0.667. The summed E-state index contributed by atoms with van der Waals surface area (Å²) in [5, 5.41) is 3.62. The maximum absolute atomic E-state index is 5.83. The summed E-state index contributed by atoms with van der Waals surface area (Å²) in [5.41, 5.74) is 2.89. The minimum absolute atomic E-state index is 0.288. The molecule has 1 aromatic carbocycles. The fourth-order valence-electron chi connectivity index (χ4n) is 2.65. The van der Waals surface area contributed by atoms with E-state index in [1.54, 1.807) is 0 Å². The number of ether oxygens (including phenoxy) is 1. The van der Waals surface area contributed by atoms with Crippen LogP contribution in [0.2, 0.25) is 0 Å². The van der Waals surface area contributed by atoms with E-state index in [0.717, 1.165) is 25.5 Å². The fourth-order valence-corrected chi connectivity index (χ4v) is 2.65. The van der Waals surface area contributed by atoms with Crippen LogP contribution in [0, 0.1) is 0 Å². The van der Waals surface area contributed by atoms with Crippen molar-refractivity contribution in [2.75, 3.05) is 13.2 Å². The molecule has 0 aliphatic heterocycles. The van der Waals surface area contributed by atoms with Crippen LogP contribution < -0.4 is 5.32 Å². The van der Waals surface area contributed by atoms with Gasteiger partial charge >= 0.3 is 0 Å². The monoisotopic (exact) mass is 275 g/mol. The lowest BCUT2D eigenvalue weighted by molar-refractivity contribution is 0.0611. The molecule has 1 unspecified atom stereocenters. The van der Waals surface area contributed by atoms with Gasteiger partial charge in [-0.05, 0) is 56.7 Å². The Kier molecular flexibility index (Phi) is 6.06. The van der Waals surface area contributed by atoms with Crippen molar-refractivity contribution in [3.63, 3.8) is 0 Å². The van der Waals surface area contributed by atoms with Gasteiger partial charge in [0.25, 0.3) is 0 Å². The van der Waals surface area contributed by atoms with Gasteiger partial charge in [-0.15, -0.1) is 0 Å². The number of rotatable bonds is 8. The minimum atomic E-state index is 0.288. The maximum atomic E-state index is 5.83. The normalized spacial score (nSPS) is 17.2. The molecule has 0 amide bonds. The van der Waals surface area contributed by atoms with Crippen LogP contribution in [0.4, 0.5) is 0 Å². The summed E-state index contributed by atoms with van der Waals surface area (Å²) in [6, 6.07) is 9.43. The lowest BCUT2D eigenvalue weighted by Crippen LogP contribution is -2.27. The van der Waals surface area contributed by atoms with Gasteiger partial charge in [0.15, 0.2) is 0 Å².